The Hall–Kier alpha value is -2.12. The molecule has 1 aromatic heterocycles. The molecule has 0 atom stereocenters. The molecule has 0 radical (unpaired) electrons. The molecule has 0 fully saturated rings. The highest BCUT2D eigenvalue weighted by Crippen LogP contribution is 2.29. The number of alkyl halides is 3. The van der Waals surface area contributed by atoms with Gasteiger partial charge in [0.1, 0.15) is 5.75 Å². The Balaban J connectivity index is 1.82. The molecule has 0 saturated carbocycles. The van der Waals surface area contributed by atoms with E-state index in [1.165, 1.54) is 12.1 Å². The number of aromatic hydroxyl groups is 1. The second-order valence-corrected chi connectivity index (χ2v) is 5.85. The summed E-state index contributed by atoms with van der Waals surface area (Å²) in [5, 5.41) is 10.2. The Labute approximate surface area is 144 Å². The summed E-state index contributed by atoms with van der Waals surface area (Å²) in [6.07, 6.45) is -3.85. The molecule has 7 heteroatoms. The van der Waals surface area contributed by atoms with Crippen molar-refractivity contribution in [1.82, 2.24) is 10.5 Å². The van der Waals surface area contributed by atoms with Gasteiger partial charge in [-0.15, -0.1) is 0 Å². The lowest BCUT2D eigenvalue weighted by Crippen LogP contribution is -2.17. The number of hydrogen-bond acceptors (Lipinski definition) is 4. The second-order valence-electron chi connectivity index (χ2n) is 5.85. The summed E-state index contributed by atoms with van der Waals surface area (Å²) in [5.74, 6) is 0.198. The third-order valence-electron chi connectivity index (χ3n) is 4.08. The molecule has 2 N–H and O–H groups in total. The molecule has 0 aliphatic carbocycles. The monoisotopic (exact) mass is 354 g/mol. The van der Waals surface area contributed by atoms with Crippen LogP contribution in [0.5, 0.6) is 5.75 Å². The third-order valence-corrected chi connectivity index (χ3v) is 4.08. The zero-order valence-electron chi connectivity index (χ0n) is 14.4. The number of nitrogens with one attached hydrogen (secondary N) is 1. The predicted octanol–water partition coefficient (Wildman–Crippen LogP) is 4.00. The van der Waals surface area contributed by atoms with Crippen molar-refractivity contribution < 1.29 is 23.1 Å². The van der Waals surface area contributed by atoms with Gasteiger partial charge in [0, 0.05) is 22.5 Å². The maximum absolute atomic E-state index is 12.5. The number of hydrogen-bond donors (Lipinski definition) is 2. The van der Waals surface area contributed by atoms with Gasteiger partial charge in [-0.1, -0.05) is 12.1 Å². The number of aryl methyl sites for hydroxylation is 2. The molecule has 0 aliphatic rings. The molecule has 4 nitrogen and oxygen atoms in total. The van der Waals surface area contributed by atoms with Crippen molar-refractivity contribution >= 4 is 0 Å². The number of pyridine rings is 1. The van der Waals surface area contributed by atoms with Crippen LogP contribution < -0.4 is 5.48 Å². The minimum atomic E-state index is -4.32. The topological polar surface area (TPSA) is 54.4 Å². The Kier molecular flexibility index (Phi) is 6.02. The maximum Gasteiger partial charge on any atom is 0.416 e. The van der Waals surface area contributed by atoms with E-state index in [-0.39, 0.29) is 5.75 Å². The standard InChI is InChI=1S/C18H21F3N2O2/c1-11-12(2)23-13(3)16(17(11)24)10-22-25-9-8-14-4-6-15(7-5-14)18(19,20)21/h4-7,22H,8-10H2,1-3H3,(H,23,24). The van der Waals surface area contributed by atoms with Gasteiger partial charge in [0.25, 0.3) is 0 Å². The normalized spacial score (nSPS) is 11.8. The highest BCUT2D eigenvalue weighted by atomic mass is 19.4. The summed E-state index contributed by atoms with van der Waals surface area (Å²) >= 11 is 0. The average Bonchev–Trinajstić information content (AvgIpc) is 2.55. The highest BCUT2D eigenvalue weighted by Gasteiger charge is 2.29. The molecule has 0 saturated heterocycles. The van der Waals surface area contributed by atoms with Gasteiger partial charge in [0.15, 0.2) is 0 Å². The maximum atomic E-state index is 12.5. The number of aromatic nitrogens is 1. The third kappa shape index (κ3) is 4.93. The molecule has 1 aromatic carbocycles. The number of halogens is 3. The lowest BCUT2D eigenvalue weighted by Gasteiger charge is -2.13. The second kappa shape index (κ2) is 7.84. The quantitative estimate of drug-likeness (QED) is 0.608. The first-order valence-electron chi connectivity index (χ1n) is 7.86. The molecule has 2 aromatic rings. The van der Waals surface area contributed by atoms with E-state index in [1.54, 1.807) is 6.92 Å². The van der Waals surface area contributed by atoms with E-state index in [1.807, 2.05) is 13.8 Å². The molecule has 2 rings (SSSR count). The summed E-state index contributed by atoms with van der Waals surface area (Å²) in [6, 6.07) is 5.00. The van der Waals surface area contributed by atoms with Crippen LogP contribution >= 0.6 is 0 Å². The number of rotatable bonds is 6. The Bertz CT molecular complexity index is 729. The number of benzene rings is 1. The van der Waals surface area contributed by atoms with Crippen LogP contribution in [0.25, 0.3) is 0 Å². The highest BCUT2D eigenvalue weighted by molar-refractivity contribution is 5.43. The van der Waals surface area contributed by atoms with Crippen LogP contribution in [-0.2, 0) is 24.0 Å². The van der Waals surface area contributed by atoms with Crippen LogP contribution in [0.3, 0.4) is 0 Å². The molecule has 0 unspecified atom stereocenters. The molecule has 0 bridgehead atoms. The Morgan fingerprint density at radius 1 is 1.08 bits per heavy atom. The predicted molar refractivity (Wildman–Crippen MR) is 88.1 cm³/mol. The molecule has 1 heterocycles. The summed E-state index contributed by atoms with van der Waals surface area (Å²) < 4.78 is 37.5. The van der Waals surface area contributed by atoms with E-state index in [9.17, 15) is 18.3 Å². The summed E-state index contributed by atoms with van der Waals surface area (Å²) in [6.45, 7) is 6.03. The number of hydroxylamine groups is 1. The van der Waals surface area contributed by atoms with Crippen LogP contribution in [0.15, 0.2) is 24.3 Å². The summed E-state index contributed by atoms with van der Waals surface area (Å²) in [7, 11) is 0. The van der Waals surface area contributed by atoms with Gasteiger partial charge < -0.3 is 9.94 Å². The molecule has 0 spiro atoms. The first-order valence-corrected chi connectivity index (χ1v) is 7.86. The van der Waals surface area contributed by atoms with Crippen molar-refractivity contribution in [2.75, 3.05) is 6.61 Å². The van der Waals surface area contributed by atoms with E-state index in [2.05, 4.69) is 10.5 Å². The van der Waals surface area contributed by atoms with E-state index in [4.69, 9.17) is 4.84 Å². The van der Waals surface area contributed by atoms with E-state index in [0.717, 1.165) is 34.6 Å². The van der Waals surface area contributed by atoms with Crippen molar-refractivity contribution in [3.8, 4) is 5.75 Å². The summed E-state index contributed by atoms with van der Waals surface area (Å²) in [5.41, 5.74) is 5.74. The fourth-order valence-corrected chi connectivity index (χ4v) is 2.41. The molecular weight excluding hydrogens is 333 g/mol. The largest absolute Gasteiger partial charge is 0.507 e. The van der Waals surface area contributed by atoms with Gasteiger partial charge in [0.2, 0.25) is 0 Å². The average molecular weight is 354 g/mol. The number of nitrogens with zero attached hydrogens (tertiary/aromatic N) is 1. The summed E-state index contributed by atoms with van der Waals surface area (Å²) in [4.78, 5) is 9.67. The van der Waals surface area contributed by atoms with Crippen LogP contribution in [0.2, 0.25) is 0 Å². The lowest BCUT2D eigenvalue weighted by atomic mass is 10.1. The van der Waals surface area contributed by atoms with Crippen LogP contribution in [-0.4, -0.2) is 16.7 Å². The van der Waals surface area contributed by atoms with Gasteiger partial charge >= 0.3 is 6.18 Å². The Morgan fingerprint density at radius 3 is 2.32 bits per heavy atom. The minimum absolute atomic E-state index is 0.198. The molecule has 136 valence electrons. The minimum Gasteiger partial charge on any atom is -0.507 e. The molecule has 0 aliphatic heterocycles. The van der Waals surface area contributed by atoms with Gasteiger partial charge in [-0.3, -0.25) is 4.98 Å². The van der Waals surface area contributed by atoms with E-state index >= 15 is 0 Å². The van der Waals surface area contributed by atoms with Crippen molar-refractivity contribution in [1.29, 1.82) is 0 Å². The van der Waals surface area contributed by atoms with Gasteiger partial charge in [-0.2, -0.15) is 18.7 Å². The smallest absolute Gasteiger partial charge is 0.416 e. The molecular formula is C18H21F3N2O2. The zero-order chi connectivity index (χ0) is 18.6. The van der Waals surface area contributed by atoms with Gasteiger partial charge in [-0.05, 0) is 44.9 Å². The molecule has 0 amide bonds. The SMILES string of the molecule is Cc1nc(C)c(CNOCCc2ccc(C(F)(F)F)cc2)c(O)c1C. The Morgan fingerprint density at radius 2 is 1.72 bits per heavy atom. The van der Waals surface area contributed by atoms with Crippen molar-refractivity contribution in [3.63, 3.8) is 0 Å². The zero-order valence-corrected chi connectivity index (χ0v) is 14.4. The van der Waals surface area contributed by atoms with E-state index < -0.39 is 11.7 Å². The van der Waals surface area contributed by atoms with Crippen molar-refractivity contribution in [3.05, 3.63) is 57.9 Å². The van der Waals surface area contributed by atoms with Crippen LogP contribution in [0.1, 0.15) is 33.6 Å². The van der Waals surface area contributed by atoms with Gasteiger partial charge in [0.05, 0.1) is 18.7 Å². The first-order chi connectivity index (χ1) is 11.7. The van der Waals surface area contributed by atoms with Crippen LogP contribution in [0, 0.1) is 20.8 Å². The van der Waals surface area contributed by atoms with E-state index in [0.29, 0.717) is 25.1 Å². The molecule has 25 heavy (non-hydrogen) atoms. The van der Waals surface area contributed by atoms with Crippen molar-refractivity contribution in [2.24, 2.45) is 0 Å². The van der Waals surface area contributed by atoms with Crippen LogP contribution in [0.4, 0.5) is 13.2 Å². The fourth-order valence-electron chi connectivity index (χ4n) is 2.41. The fraction of sp³-hybridized carbons (Fsp3) is 0.389. The lowest BCUT2D eigenvalue weighted by molar-refractivity contribution is -0.137. The first kappa shape index (κ1) is 19.2. The van der Waals surface area contributed by atoms with Crippen molar-refractivity contribution in [2.45, 2.75) is 39.9 Å². The van der Waals surface area contributed by atoms with Gasteiger partial charge in [-0.25, -0.2) is 0 Å².